The van der Waals surface area contributed by atoms with Crippen molar-refractivity contribution in [3.8, 4) is 17.2 Å². The smallest absolute Gasteiger partial charge is 0.231 e. The zero-order valence-electron chi connectivity index (χ0n) is 19.9. The van der Waals surface area contributed by atoms with Crippen molar-refractivity contribution in [3.63, 3.8) is 0 Å². The van der Waals surface area contributed by atoms with Crippen LogP contribution in [0.4, 0.5) is 10.1 Å². The average Bonchev–Trinajstić information content (AvgIpc) is 3.57. The number of carbonyl (C=O) groups is 2. The maximum Gasteiger partial charge on any atom is 0.231 e. The number of halogens is 1. The predicted octanol–water partition coefficient (Wildman–Crippen LogP) is 3.81. The number of anilines is 1. The molecule has 3 aliphatic rings. The Morgan fingerprint density at radius 2 is 2.06 bits per heavy atom. The lowest BCUT2D eigenvalue weighted by molar-refractivity contribution is -0.122. The van der Waals surface area contributed by atoms with E-state index < -0.39 is 5.92 Å². The molecule has 0 spiro atoms. The minimum atomic E-state index is -0.552. The maximum atomic E-state index is 15.1. The van der Waals surface area contributed by atoms with Crippen molar-refractivity contribution in [2.75, 3.05) is 25.2 Å². The Bertz CT molecular complexity index is 1190. The van der Waals surface area contributed by atoms with E-state index in [-0.39, 0.29) is 36.4 Å². The summed E-state index contributed by atoms with van der Waals surface area (Å²) in [6, 6.07) is 13.3. The van der Waals surface area contributed by atoms with Gasteiger partial charge in [-0.2, -0.15) is 5.26 Å². The number of fused-ring (bicyclic) bond motifs is 3. The molecule has 2 bridgehead atoms. The molecular formula is C28H30FN3O3. The van der Waals surface area contributed by atoms with Gasteiger partial charge in [0, 0.05) is 31.8 Å². The third-order valence-electron chi connectivity index (χ3n) is 7.73. The summed E-state index contributed by atoms with van der Waals surface area (Å²) in [5.41, 5.74) is 3.76. The first kappa shape index (κ1) is 23.7. The topological polar surface area (TPSA) is 82.4 Å². The number of nitriles is 1. The number of carbonyl (C=O) groups excluding carboxylic acids is 2. The highest BCUT2D eigenvalue weighted by Gasteiger charge is 2.42. The van der Waals surface area contributed by atoms with Crippen LogP contribution >= 0.6 is 0 Å². The molecule has 1 saturated carbocycles. The molecule has 2 aromatic rings. The first-order valence-electron chi connectivity index (χ1n) is 12.4. The first-order valence-corrected chi connectivity index (χ1v) is 12.4. The Kier molecular flexibility index (Phi) is 6.68. The fourth-order valence-electron chi connectivity index (χ4n) is 5.87. The summed E-state index contributed by atoms with van der Waals surface area (Å²) in [5.74, 6) is -0.443. The van der Waals surface area contributed by atoms with E-state index in [9.17, 15) is 14.9 Å². The number of hydrogen-bond acceptors (Lipinski definition) is 5. The van der Waals surface area contributed by atoms with E-state index >= 15 is 4.39 Å². The van der Waals surface area contributed by atoms with E-state index in [1.165, 1.54) is 6.07 Å². The molecule has 0 radical (unpaired) electrons. The van der Waals surface area contributed by atoms with Crippen molar-refractivity contribution >= 4 is 17.4 Å². The standard InChI is InChI=1S/C28H30FN3O3/c1-35-9-8-32-25-14-19(3-5-21(25)15-27(32)34)18-2-4-20(24(29)13-18)10-17(16-30)11-26(33)28-22-6-7-23(12-22)31-28/h2-5,13-14,17,22-23,28,31H,6-12,15H2,1H3/t17-,22+,23-,28+/m1/s1. The quantitative estimate of drug-likeness (QED) is 0.596. The molecule has 1 amide bonds. The molecule has 2 aromatic carbocycles. The van der Waals surface area contributed by atoms with Crippen LogP contribution in [0.3, 0.4) is 0 Å². The second-order valence-electron chi connectivity index (χ2n) is 9.98. The number of methoxy groups -OCH3 is 1. The SMILES string of the molecule is COCCN1C(=O)Cc2ccc(-c3ccc(C[C@@H](C#N)CC(=O)[C@H]4N[C@@H]5CC[C@H]4C5)c(F)c3)cc21. The van der Waals surface area contributed by atoms with Crippen molar-refractivity contribution in [1.82, 2.24) is 5.32 Å². The predicted molar refractivity (Wildman–Crippen MR) is 130 cm³/mol. The number of nitrogens with zero attached hydrogens (tertiary/aromatic N) is 2. The molecule has 1 saturated heterocycles. The van der Waals surface area contributed by atoms with Gasteiger partial charge in [-0.15, -0.1) is 0 Å². The van der Waals surface area contributed by atoms with Crippen LogP contribution in [0, 0.1) is 29.0 Å². The second-order valence-corrected chi connectivity index (χ2v) is 9.98. The summed E-state index contributed by atoms with van der Waals surface area (Å²) < 4.78 is 20.2. The molecule has 182 valence electrons. The molecule has 5 rings (SSSR count). The van der Waals surface area contributed by atoms with Crippen LogP contribution in [0.1, 0.15) is 36.8 Å². The maximum absolute atomic E-state index is 15.1. The van der Waals surface area contributed by atoms with E-state index in [2.05, 4.69) is 11.4 Å². The van der Waals surface area contributed by atoms with Crippen molar-refractivity contribution in [2.45, 2.75) is 50.6 Å². The minimum absolute atomic E-state index is 0.0356. The number of benzene rings is 2. The van der Waals surface area contributed by atoms with Crippen LogP contribution in [0.25, 0.3) is 11.1 Å². The highest BCUT2D eigenvalue weighted by atomic mass is 19.1. The molecule has 2 aliphatic heterocycles. The fraction of sp³-hybridized carbons (Fsp3) is 0.464. The van der Waals surface area contributed by atoms with Gasteiger partial charge in [0.2, 0.25) is 5.91 Å². The lowest BCUT2D eigenvalue weighted by Crippen LogP contribution is -2.42. The monoisotopic (exact) mass is 475 g/mol. The van der Waals surface area contributed by atoms with Crippen molar-refractivity contribution in [1.29, 1.82) is 5.26 Å². The van der Waals surface area contributed by atoms with Gasteiger partial charge in [-0.25, -0.2) is 4.39 Å². The number of amides is 1. The first-order chi connectivity index (χ1) is 17.0. The highest BCUT2D eigenvalue weighted by molar-refractivity contribution is 6.02. The molecule has 4 atom stereocenters. The van der Waals surface area contributed by atoms with E-state index in [1.807, 2.05) is 24.3 Å². The minimum Gasteiger partial charge on any atom is -0.383 e. The Labute approximate surface area is 205 Å². The molecular weight excluding hydrogens is 445 g/mol. The average molecular weight is 476 g/mol. The largest absolute Gasteiger partial charge is 0.383 e. The van der Waals surface area contributed by atoms with Gasteiger partial charge in [-0.3, -0.25) is 9.59 Å². The highest BCUT2D eigenvalue weighted by Crippen LogP contribution is 2.37. The Hall–Kier alpha value is -3.08. The number of Topliss-reactive ketones (excluding diaryl/α,β-unsaturated/α-hetero) is 1. The van der Waals surface area contributed by atoms with Crippen LogP contribution in [0.2, 0.25) is 0 Å². The summed E-state index contributed by atoms with van der Waals surface area (Å²) >= 11 is 0. The van der Waals surface area contributed by atoms with E-state index in [4.69, 9.17) is 4.74 Å². The molecule has 1 N–H and O–H groups in total. The molecule has 35 heavy (non-hydrogen) atoms. The van der Waals surface area contributed by atoms with Crippen LogP contribution in [0.5, 0.6) is 0 Å². The molecule has 6 nitrogen and oxygen atoms in total. The summed E-state index contributed by atoms with van der Waals surface area (Å²) in [6.07, 6.45) is 3.96. The number of nitrogens with one attached hydrogen (secondary N) is 1. The van der Waals surface area contributed by atoms with Crippen molar-refractivity contribution < 1.29 is 18.7 Å². The zero-order valence-corrected chi connectivity index (χ0v) is 19.9. The van der Waals surface area contributed by atoms with Gasteiger partial charge in [0.15, 0.2) is 5.78 Å². The van der Waals surface area contributed by atoms with E-state index in [1.54, 1.807) is 18.1 Å². The molecule has 2 heterocycles. The second kappa shape index (κ2) is 9.88. The summed E-state index contributed by atoms with van der Waals surface area (Å²) in [6.45, 7) is 0.921. The fourth-order valence-corrected chi connectivity index (χ4v) is 5.87. The molecule has 1 aliphatic carbocycles. The Morgan fingerprint density at radius 1 is 1.26 bits per heavy atom. The van der Waals surface area contributed by atoms with Gasteiger partial charge in [-0.1, -0.05) is 24.3 Å². The van der Waals surface area contributed by atoms with Crippen LogP contribution < -0.4 is 10.2 Å². The van der Waals surface area contributed by atoms with Gasteiger partial charge in [0.05, 0.1) is 31.1 Å². The third kappa shape index (κ3) is 4.73. The van der Waals surface area contributed by atoms with Crippen LogP contribution in [0.15, 0.2) is 36.4 Å². The van der Waals surface area contributed by atoms with Crippen molar-refractivity contribution in [2.24, 2.45) is 11.8 Å². The van der Waals surface area contributed by atoms with Gasteiger partial charge >= 0.3 is 0 Å². The lowest BCUT2D eigenvalue weighted by atomic mass is 9.88. The van der Waals surface area contributed by atoms with E-state index in [0.29, 0.717) is 42.7 Å². The zero-order chi connectivity index (χ0) is 24.5. The Morgan fingerprint density at radius 3 is 2.74 bits per heavy atom. The number of rotatable bonds is 9. The van der Waals surface area contributed by atoms with Crippen LogP contribution in [-0.4, -0.2) is 44.0 Å². The van der Waals surface area contributed by atoms with Crippen LogP contribution in [-0.2, 0) is 27.2 Å². The summed E-state index contributed by atoms with van der Waals surface area (Å²) in [5, 5.41) is 13.0. The number of ether oxygens (including phenoxy) is 1. The summed E-state index contributed by atoms with van der Waals surface area (Å²) in [7, 11) is 1.60. The van der Waals surface area contributed by atoms with Gasteiger partial charge in [0.25, 0.3) is 0 Å². The number of piperidine rings is 1. The van der Waals surface area contributed by atoms with Crippen molar-refractivity contribution in [3.05, 3.63) is 53.3 Å². The normalized spacial score (nSPS) is 23.4. The Balaban J connectivity index is 1.28. The number of ketones is 1. The molecule has 7 heteroatoms. The summed E-state index contributed by atoms with van der Waals surface area (Å²) in [4.78, 5) is 26.9. The van der Waals surface area contributed by atoms with Gasteiger partial charge in [0.1, 0.15) is 5.82 Å². The molecule has 0 unspecified atom stereocenters. The van der Waals surface area contributed by atoms with Gasteiger partial charge in [-0.05, 0) is 66.0 Å². The lowest BCUT2D eigenvalue weighted by Gasteiger charge is -2.22. The molecule has 0 aromatic heterocycles. The number of hydrogen-bond donors (Lipinski definition) is 1. The van der Waals surface area contributed by atoms with Gasteiger partial charge < -0.3 is 15.0 Å². The van der Waals surface area contributed by atoms with E-state index in [0.717, 1.165) is 36.1 Å². The third-order valence-corrected chi connectivity index (χ3v) is 7.73. The molecule has 2 fully saturated rings.